The fraction of sp³-hybridized carbons (Fsp3) is 0.481. The first-order valence-electron chi connectivity index (χ1n) is 12.3. The van der Waals surface area contributed by atoms with Gasteiger partial charge in [-0.05, 0) is 70.8 Å². The third-order valence-corrected chi connectivity index (χ3v) is 6.52. The van der Waals surface area contributed by atoms with Gasteiger partial charge in [0.05, 0.1) is 12.1 Å². The van der Waals surface area contributed by atoms with E-state index in [0.717, 1.165) is 40.4 Å². The fourth-order valence-electron chi connectivity index (χ4n) is 4.74. The Kier molecular flexibility index (Phi) is 7.73. The van der Waals surface area contributed by atoms with Crippen molar-refractivity contribution in [3.63, 3.8) is 0 Å². The zero-order valence-electron chi connectivity index (χ0n) is 20.9. The number of hydrogen-bond acceptors (Lipinski definition) is 5. The number of nitrogens with one attached hydrogen (secondary N) is 1. The van der Waals surface area contributed by atoms with Crippen LogP contribution in [-0.2, 0) is 24.3 Å². The SMILES string of the molecule is Cc1cc(C)nc(-n2nc(C)c(CC(=O)NCc3cccc(CN4CCCCCC4)c3)c2C)n1. The Morgan fingerprint density at radius 1 is 0.941 bits per heavy atom. The van der Waals surface area contributed by atoms with E-state index in [1.165, 1.54) is 44.3 Å². The van der Waals surface area contributed by atoms with Gasteiger partial charge in [-0.25, -0.2) is 14.6 Å². The molecule has 1 amide bonds. The van der Waals surface area contributed by atoms with Gasteiger partial charge in [0.1, 0.15) is 0 Å². The van der Waals surface area contributed by atoms with Crippen molar-refractivity contribution in [2.45, 2.75) is 72.9 Å². The highest BCUT2D eigenvalue weighted by Crippen LogP contribution is 2.18. The van der Waals surface area contributed by atoms with Crippen LogP contribution in [0.5, 0.6) is 0 Å². The van der Waals surface area contributed by atoms with Gasteiger partial charge in [0, 0.05) is 35.7 Å². The van der Waals surface area contributed by atoms with Crippen LogP contribution < -0.4 is 5.32 Å². The van der Waals surface area contributed by atoms with Crippen LogP contribution in [0.1, 0.15) is 65.1 Å². The molecule has 1 aliphatic heterocycles. The highest BCUT2D eigenvalue weighted by atomic mass is 16.1. The highest BCUT2D eigenvalue weighted by Gasteiger charge is 2.18. The number of amides is 1. The minimum absolute atomic E-state index is 0.00925. The molecule has 1 saturated heterocycles. The summed E-state index contributed by atoms with van der Waals surface area (Å²) in [5.74, 6) is 0.538. The van der Waals surface area contributed by atoms with E-state index < -0.39 is 0 Å². The molecule has 0 bridgehead atoms. The number of benzene rings is 1. The van der Waals surface area contributed by atoms with Gasteiger partial charge < -0.3 is 5.32 Å². The summed E-state index contributed by atoms with van der Waals surface area (Å²) in [6.07, 6.45) is 5.56. The first-order chi connectivity index (χ1) is 16.4. The van der Waals surface area contributed by atoms with E-state index in [-0.39, 0.29) is 12.3 Å². The molecule has 7 nitrogen and oxygen atoms in total. The Balaban J connectivity index is 1.37. The second-order valence-electron chi connectivity index (χ2n) is 9.48. The predicted octanol–water partition coefficient (Wildman–Crippen LogP) is 4.13. The number of aromatic nitrogens is 4. The molecule has 1 aromatic carbocycles. The van der Waals surface area contributed by atoms with Crippen LogP contribution in [0.25, 0.3) is 5.95 Å². The van der Waals surface area contributed by atoms with E-state index >= 15 is 0 Å². The lowest BCUT2D eigenvalue weighted by atomic mass is 10.1. The monoisotopic (exact) mass is 460 g/mol. The highest BCUT2D eigenvalue weighted by molar-refractivity contribution is 5.79. The van der Waals surface area contributed by atoms with Crippen molar-refractivity contribution in [2.24, 2.45) is 0 Å². The number of likely N-dealkylation sites (tertiary alicyclic amines) is 1. The van der Waals surface area contributed by atoms with Crippen molar-refractivity contribution in [1.29, 1.82) is 0 Å². The number of nitrogens with zero attached hydrogens (tertiary/aromatic N) is 5. The topological polar surface area (TPSA) is 75.9 Å². The molecule has 1 fully saturated rings. The van der Waals surface area contributed by atoms with Crippen molar-refractivity contribution < 1.29 is 4.79 Å². The van der Waals surface area contributed by atoms with Crippen LogP contribution >= 0.6 is 0 Å². The molecular weight excluding hydrogens is 424 g/mol. The Morgan fingerprint density at radius 3 is 2.32 bits per heavy atom. The lowest BCUT2D eigenvalue weighted by Gasteiger charge is -2.20. The molecule has 2 aromatic heterocycles. The standard InChI is InChI=1S/C27H36N6O/c1-19-14-20(2)30-27(29-19)33-22(4)25(21(3)31-33)16-26(34)28-17-23-10-9-11-24(15-23)18-32-12-7-5-6-8-13-32/h9-11,14-15H,5-8,12-13,16-18H2,1-4H3,(H,28,34). The van der Waals surface area contributed by atoms with Gasteiger partial charge in [-0.2, -0.15) is 5.10 Å². The third kappa shape index (κ3) is 6.08. The van der Waals surface area contributed by atoms with E-state index in [4.69, 9.17) is 0 Å². The number of aryl methyl sites for hydroxylation is 3. The van der Waals surface area contributed by atoms with Crippen molar-refractivity contribution in [3.8, 4) is 5.95 Å². The van der Waals surface area contributed by atoms with Gasteiger partial charge in [0.15, 0.2) is 0 Å². The van der Waals surface area contributed by atoms with Crippen LogP contribution in [0.4, 0.5) is 0 Å². The Hall–Kier alpha value is -3.06. The average molecular weight is 461 g/mol. The minimum atomic E-state index is -0.00925. The first kappa shape index (κ1) is 24.1. The predicted molar refractivity (Wildman–Crippen MR) is 134 cm³/mol. The first-order valence-corrected chi connectivity index (χ1v) is 12.3. The summed E-state index contributed by atoms with van der Waals surface area (Å²) in [4.78, 5) is 24.4. The summed E-state index contributed by atoms with van der Waals surface area (Å²) >= 11 is 0. The molecule has 180 valence electrons. The Bertz CT molecular complexity index is 1120. The molecule has 1 N–H and O–H groups in total. The van der Waals surface area contributed by atoms with Gasteiger partial charge in [0.2, 0.25) is 5.91 Å². The van der Waals surface area contributed by atoms with Gasteiger partial charge in [-0.15, -0.1) is 0 Å². The number of carbonyl (C=O) groups excluding carboxylic acids is 1. The minimum Gasteiger partial charge on any atom is -0.352 e. The van der Waals surface area contributed by atoms with Gasteiger partial charge in [-0.1, -0.05) is 37.1 Å². The Morgan fingerprint density at radius 2 is 1.62 bits per heavy atom. The molecule has 0 spiro atoms. The second-order valence-corrected chi connectivity index (χ2v) is 9.48. The maximum absolute atomic E-state index is 12.8. The van der Waals surface area contributed by atoms with Crippen molar-refractivity contribution >= 4 is 5.91 Å². The largest absolute Gasteiger partial charge is 0.352 e. The number of hydrogen-bond donors (Lipinski definition) is 1. The van der Waals surface area contributed by atoms with Gasteiger partial charge in [-0.3, -0.25) is 9.69 Å². The van der Waals surface area contributed by atoms with Crippen molar-refractivity contribution in [2.75, 3.05) is 13.1 Å². The third-order valence-electron chi connectivity index (χ3n) is 6.52. The lowest BCUT2D eigenvalue weighted by Crippen LogP contribution is -2.26. The number of carbonyl (C=O) groups is 1. The zero-order chi connectivity index (χ0) is 24.1. The van der Waals surface area contributed by atoms with Crippen LogP contribution in [0, 0.1) is 27.7 Å². The molecule has 0 aliphatic carbocycles. The molecule has 3 aromatic rings. The van der Waals surface area contributed by atoms with E-state index in [1.807, 2.05) is 33.8 Å². The fourth-order valence-corrected chi connectivity index (χ4v) is 4.74. The summed E-state index contributed by atoms with van der Waals surface area (Å²) in [5, 5.41) is 7.70. The molecule has 1 aliphatic rings. The van der Waals surface area contributed by atoms with E-state index in [2.05, 4.69) is 49.5 Å². The lowest BCUT2D eigenvalue weighted by molar-refractivity contribution is -0.120. The molecule has 34 heavy (non-hydrogen) atoms. The van der Waals surface area contributed by atoms with Gasteiger partial charge >= 0.3 is 0 Å². The maximum Gasteiger partial charge on any atom is 0.251 e. The molecule has 3 heterocycles. The van der Waals surface area contributed by atoms with Crippen LogP contribution in [0.15, 0.2) is 30.3 Å². The molecule has 0 radical (unpaired) electrons. The molecular formula is C27H36N6O. The van der Waals surface area contributed by atoms with E-state index in [9.17, 15) is 4.79 Å². The summed E-state index contributed by atoms with van der Waals surface area (Å²) in [7, 11) is 0. The zero-order valence-corrected chi connectivity index (χ0v) is 20.9. The van der Waals surface area contributed by atoms with Crippen LogP contribution in [0.2, 0.25) is 0 Å². The molecule has 4 rings (SSSR count). The smallest absolute Gasteiger partial charge is 0.251 e. The molecule has 0 saturated carbocycles. The Labute approximate surface area is 202 Å². The molecule has 0 atom stereocenters. The van der Waals surface area contributed by atoms with Crippen molar-refractivity contribution in [1.82, 2.24) is 30.0 Å². The normalized spacial score (nSPS) is 14.7. The van der Waals surface area contributed by atoms with Crippen LogP contribution in [-0.4, -0.2) is 43.6 Å². The quantitative estimate of drug-likeness (QED) is 0.574. The summed E-state index contributed by atoms with van der Waals surface area (Å²) in [5.41, 5.74) is 6.89. The maximum atomic E-state index is 12.8. The van der Waals surface area contributed by atoms with Crippen molar-refractivity contribution in [3.05, 3.63) is 69.8 Å². The summed E-state index contributed by atoms with van der Waals surface area (Å²) in [6.45, 7) is 11.7. The van der Waals surface area contributed by atoms with Gasteiger partial charge in [0.25, 0.3) is 5.95 Å². The van der Waals surface area contributed by atoms with E-state index in [1.54, 1.807) is 4.68 Å². The molecule has 0 unspecified atom stereocenters. The molecule has 7 heteroatoms. The summed E-state index contributed by atoms with van der Waals surface area (Å²) < 4.78 is 1.74. The number of rotatable bonds is 7. The average Bonchev–Trinajstić information content (AvgIpc) is 2.96. The summed E-state index contributed by atoms with van der Waals surface area (Å²) in [6, 6.07) is 10.5. The second kappa shape index (κ2) is 10.9. The van der Waals surface area contributed by atoms with Crippen LogP contribution in [0.3, 0.4) is 0 Å². The van der Waals surface area contributed by atoms with E-state index in [0.29, 0.717) is 12.5 Å².